The first-order valence-electron chi connectivity index (χ1n) is 6.63. The summed E-state index contributed by atoms with van der Waals surface area (Å²) >= 11 is 1.79. The third-order valence-electron chi connectivity index (χ3n) is 3.65. The van der Waals surface area contributed by atoms with Crippen LogP contribution in [0.5, 0.6) is 0 Å². The molecule has 1 aliphatic carbocycles. The van der Waals surface area contributed by atoms with Gasteiger partial charge in [-0.2, -0.15) is 0 Å². The van der Waals surface area contributed by atoms with Gasteiger partial charge in [0.15, 0.2) is 0 Å². The van der Waals surface area contributed by atoms with Gasteiger partial charge in [0.1, 0.15) is 5.01 Å². The van der Waals surface area contributed by atoms with E-state index in [1.807, 2.05) is 6.20 Å². The van der Waals surface area contributed by atoms with Gasteiger partial charge in [-0.15, -0.1) is 11.3 Å². The smallest absolute Gasteiger partial charge is 0.107 e. The average Bonchev–Trinajstić information content (AvgIpc) is 3.07. The van der Waals surface area contributed by atoms with Crippen molar-refractivity contribution >= 4 is 11.3 Å². The molecule has 0 saturated heterocycles. The maximum Gasteiger partial charge on any atom is 0.107 e. The maximum absolute atomic E-state index is 4.52. The van der Waals surface area contributed by atoms with Crippen LogP contribution in [-0.4, -0.2) is 15.6 Å². The lowest BCUT2D eigenvalue weighted by Crippen LogP contribution is -2.25. The van der Waals surface area contributed by atoms with Gasteiger partial charge in [0.05, 0.1) is 10.6 Å². The van der Waals surface area contributed by atoms with Crippen molar-refractivity contribution in [1.29, 1.82) is 0 Å². The first-order chi connectivity index (χ1) is 8.83. The van der Waals surface area contributed by atoms with E-state index in [4.69, 9.17) is 0 Å². The molecule has 1 aliphatic rings. The lowest BCUT2D eigenvalue weighted by molar-refractivity contribution is 0.523. The molecule has 1 fully saturated rings. The van der Waals surface area contributed by atoms with Crippen LogP contribution in [0.1, 0.15) is 30.7 Å². The molecule has 0 unspecified atom stereocenters. The molecule has 1 N–H and O–H groups in total. The molecule has 2 aromatic heterocycles. The van der Waals surface area contributed by atoms with Crippen molar-refractivity contribution in [2.45, 2.75) is 38.3 Å². The second-order valence-electron chi connectivity index (χ2n) is 4.98. The minimum Gasteiger partial charge on any atom is -0.350 e. The van der Waals surface area contributed by atoms with E-state index in [1.54, 1.807) is 11.3 Å². The van der Waals surface area contributed by atoms with Crippen molar-refractivity contribution < 1.29 is 0 Å². The summed E-state index contributed by atoms with van der Waals surface area (Å²) in [5, 5.41) is 4.80. The van der Waals surface area contributed by atoms with Crippen LogP contribution >= 0.6 is 11.3 Å². The number of nitrogens with one attached hydrogen (secondary N) is 1. The van der Waals surface area contributed by atoms with Crippen molar-refractivity contribution in [2.24, 2.45) is 7.05 Å². The van der Waals surface area contributed by atoms with Crippen molar-refractivity contribution in [3.8, 4) is 10.6 Å². The molecular formula is C14H19N3S. The maximum atomic E-state index is 4.52. The minimum absolute atomic E-state index is 0.715. The van der Waals surface area contributed by atoms with Gasteiger partial charge < -0.3 is 9.88 Å². The first kappa shape index (κ1) is 11.9. The number of hydrogen-bond donors (Lipinski definition) is 1. The van der Waals surface area contributed by atoms with Gasteiger partial charge in [-0.3, -0.25) is 0 Å². The van der Waals surface area contributed by atoms with E-state index in [0.717, 1.165) is 6.54 Å². The Labute approximate surface area is 112 Å². The van der Waals surface area contributed by atoms with Gasteiger partial charge in [-0.05, 0) is 25.0 Å². The Morgan fingerprint density at radius 3 is 3.00 bits per heavy atom. The zero-order valence-corrected chi connectivity index (χ0v) is 11.5. The quantitative estimate of drug-likeness (QED) is 0.916. The van der Waals surface area contributed by atoms with Crippen LogP contribution in [0.2, 0.25) is 0 Å². The van der Waals surface area contributed by atoms with Gasteiger partial charge in [0.2, 0.25) is 0 Å². The lowest BCUT2D eigenvalue weighted by Gasteiger charge is -2.09. The molecule has 0 spiro atoms. The molecule has 4 heteroatoms. The first-order valence-corrected chi connectivity index (χ1v) is 7.44. The molecule has 0 bridgehead atoms. The number of rotatable bonds is 4. The van der Waals surface area contributed by atoms with Crippen molar-refractivity contribution in [2.75, 3.05) is 0 Å². The van der Waals surface area contributed by atoms with E-state index in [9.17, 15) is 0 Å². The second kappa shape index (κ2) is 5.24. The number of thiazole rings is 1. The lowest BCUT2D eigenvalue weighted by atomic mass is 10.2. The van der Waals surface area contributed by atoms with E-state index in [-0.39, 0.29) is 0 Å². The second-order valence-corrected chi connectivity index (χ2v) is 6.10. The van der Waals surface area contributed by atoms with Gasteiger partial charge in [0.25, 0.3) is 0 Å². The third kappa shape index (κ3) is 2.49. The summed E-state index contributed by atoms with van der Waals surface area (Å²) in [5.41, 5.74) is 1.25. The highest BCUT2D eigenvalue weighted by atomic mass is 32.1. The van der Waals surface area contributed by atoms with Gasteiger partial charge >= 0.3 is 0 Å². The summed E-state index contributed by atoms with van der Waals surface area (Å²) in [6.07, 6.45) is 9.48. The fourth-order valence-electron chi connectivity index (χ4n) is 2.59. The van der Waals surface area contributed by atoms with Crippen molar-refractivity contribution in [1.82, 2.24) is 14.9 Å². The van der Waals surface area contributed by atoms with Gasteiger partial charge in [-0.1, -0.05) is 12.8 Å². The van der Waals surface area contributed by atoms with Crippen LogP contribution in [0.15, 0.2) is 24.5 Å². The van der Waals surface area contributed by atoms with Crippen molar-refractivity contribution in [3.63, 3.8) is 0 Å². The number of nitrogens with zero attached hydrogens (tertiary/aromatic N) is 2. The predicted octanol–water partition coefficient (Wildman–Crippen LogP) is 3.18. The van der Waals surface area contributed by atoms with Gasteiger partial charge in [-0.25, -0.2) is 4.98 Å². The molecule has 0 aliphatic heterocycles. The molecule has 96 valence electrons. The fourth-order valence-corrected chi connectivity index (χ4v) is 3.53. The fraction of sp³-hybridized carbons (Fsp3) is 0.500. The standard InChI is InChI=1S/C14H19N3S/c1-17-8-4-7-12(17)13-9-16-14(18-13)10-15-11-5-2-3-6-11/h4,7-9,11,15H,2-3,5-6,10H2,1H3. The molecular weight excluding hydrogens is 242 g/mol. The highest BCUT2D eigenvalue weighted by Gasteiger charge is 2.15. The van der Waals surface area contributed by atoms with Crippen molar-refractivity contribution in [3.05, 3.63) is 29.5 Å². The highest BCUT2D eigenvalue weighted by Crippen LogP contribution is 2.26. The molecule has 3 rings (SSSR count). The van der Waals surface area contributed by atoms with E-state index in [2.05, 4.69) is 40.2 Å². The molecule has 3 nitrogen and oxygen atoms in total. The normalized spacial score (nSPS) is 16.5. The Hall–Kier alpha value is -1.13. The summed E-state index contributed by atoms with van der Waals surface area (Å²) in [7, 11) is 2.07. The van der Waals surface area contributed by atoms with Crippen LogP contribution in [0.3, 0.4) is 0 Å². The summed E-state index contributed by atoms with van der Waals surface area (Å²) < 4.78 is 2.14. The minimum atomic E-state index is 0.715. The summed E-state index contributed by atoms with van der Waals surface area (Å²) in [5.74, 6) is 0. The number of aromatic nitrogens is 2. The Bertz CT molecular complexity index is 509. The van der Waals surface area contributed by atoms with Gasteiger partial charge in [0, 0.05) is 32.0 Å². The summed E-state index contributed by atoms with van der Waals surface area (Å²) in [6.45, 7) is 0.916. The van der Waals surface area contributed by atoms with E-state index in [1.165, 1.54) is 41.3 Å². The Morgan fingerprint density at radius 2 is 2.28 bits per heavy atom. The zero-order chi connectivity index (χ0) is 12.4. The molecule has 2 heterocycles. The molecule has 0 radical (unpaired) electrons. The number of aryl methyl sites for hydroxylation is 1. The molecule has 2 aromatic rings. The number of hydrogen-bond acceptors (Lipinski definition) is 3. The third-order valence-corrected chi connectivity index (χ3v) is 4.67. The van der Waals surface area contributed by atoms with E-state index < -0.39 is 0 Å². The van der Waals surface area contributed by atoms with E-state index >= 15 is 0 Å². The zero-order valence-electron chi connectivity index (χ0n) is 10.7. The molecule has 0 atom stereocenters. The topological polar surface area (TPSA) is 29.9 Å². The van der Waals surface area contributed by atoms with Crippen LogP contribution in [0.25, 0.3) is 10.6 Å². The molecule has 18 heavy (non-hydrogen) atoms. The Balaban J connectivity index is 1.64. The Morgan fingerprint density at radius 1 is 1.44 bits per heavy atom. The van der Waals surface area contributed by atoms with E-state index in [0.29, 0.717) is 6.04 Å². The van der Waals surface area contributed by atoms with Crippen LogP contribution in [0, 0.1) is 0 Å². The monoisotopic (exact) mass is 261 g/mol. The predicted molar refractivity (Wildman–Crippen MR) is 75.6 cm³/mol. The summed E-state index contributed by atoms with van der Waals surface area (Å²) in [6, 6.07) is 4.93. The molecule has 0 aromatic carbocycles. The average molecular weight is 261 g/mol. The molecule has 0 amide bonds. The largest absolute Gasteiger partial charge is 0.350 e. The Kier molecular flexibility index (Phi) is 3.48. The molecule has 1 saturated carbocycles. The summed E-state index contributed by atoms with van der Waals surface area (Å²) in [4.78, 5) is 5.77. The van der Waals surface area contributed by atoms with Crippen LogP contribution < -0.4 is 5.32 Å². The highest BCUT2D eigenvalue weighted by molar-refractivity contribution is 7.15. The van der Waals surface area contributed by atoms with Crippen LogP contribution in [-0.2, 0) is 13.6 Å². The SMILES string of the molecule is Cn1cccc1-c1cnc(CNC2CCCC2)s1. The van der Waals surface area contributed by atoms with Crippen LogP contribution in [0.4, 0.5) is 0 Å².